The molecular formula is C13H17N3O2S. The van der Waals surface area contributed by atoms with Crippen LogP contribution in [0.5, 0.6) is 0 Å². The maximum Gasteiger partial charge on any atom is 0.229 e. The third-order valence-electron chi connectivity index (χ3n) is 2.76. The normalized spacial score (nSPS) is 11.3. The van der Waals surface area contributed by atoms with E-state index in [0.29, 0.717) is 5.69 Å². The lowest BCUT2D eigenvalue weighted by molar-refractivity contribution is 0.607. The fraction of sp³-hybridized carbons (Fsp3) is 0.231. The minimum absolute atomic E-state index is 0.545. The Labute approximate surface area is 113 Å². The van der Waals surface area contributed by atoms with Crippen molar-refractivity contribution in [2.45, 2.75) is 13.8 Å². The molecule has 0 aliphatic rings. The van der Waals surface area contributed by atoms with E-state index in [2.05, 4.69) is 15.0 Å². The molecular weight excluding hydrogens is 262 g/mol. The van der Waals surface area contributed by atoms with Crippen LogP contribution in [0.3, 0.4) is 0 Å². The van der Waals surface area contributed by atoms with E-state index in [1.165, 1.54) is 0 Å². The van der Waals surface area contributed by atoms with Crippen LogP contribution in [-0.2, 0) is 10.0 Å². The molecule has 0 radical (unpaired) electrons. The van der Waals surface area contributed by atoms with Crippen LogP contribution in [0.15, 0.2) is 30.5 Å². The highest BCUT2D eigenvalue weighted by Gasteiger charge is 2.06. The van der Waals surface area contributed by atoms with Crippen molar-refractivity contribution in [2.75, 3.05) is 16.3 Å². The van der Waals surface area contributed by atoms with Gasteiger partial charge in [0, 0.05) is 17.6 Å². The highest BCUT2D eigenvalue weighted by molar-refractivity contribution is 7.92. The molecule has 6 heteroatoms. The van der Waals surface area contributed by atoms with Crippen molar-refractivity contribution in [2.24, 2.45) is 0 Å². The Morgan fingerprint density at radius 1 is 1.11 bits per heavy atom. The largest absolute Gasteiger partial charge is 0.363 e. The van der Waals surface area contributed by atoms with Gasteiger partial charge in [0.15, 0.2) is 0 Å². The van der Waals surface area contributed by atoms with Gasteiger partial charge in [0.1, 0.15) is 0 Å². The summed E-state index contributed by atoms with van der Waals surface area (Å²) in [5, 5.41) is 3.28. The second-order valence-electron chi connectivity index (χ2n) is 4.55. The summed E-state index contributed by atoms with van der Waals surface area (Å²) in [5.74, 6) is 0. The first-order chi connectivity index (χ1) is 8.85. The zero-order chi connectivity index (χ0) is 14.0. The van der Waals surface area contributed by atoms with Gasteiger partial charge in [-0.15, -0.1) is 0 Å². The molecule has 0 bridgehead atoms. The smallest absolute Gasteiger partial charge is 0.229 e. The van der Waals surface area contributed by atoms with Gasteiger partial charge in [-0.1, -0.05) is 6.07 Å². The average molecular weight is 279 g/mol. The molecule has 0 saturated carbocycles. The van der Waals surface area contributed by atoms with E-state index in [9.17, 15) is 8.42 Å². The predicted molar refractivity (Wildman–Crippen MR) is 78.5 cm³/mol. The number of hydrogen-bond acceptors (Lipinski definition) is 3. The molecule has 102 valence electrons. The van der Waals surface area contributed by atoms with Crippen LogP contribution in [-0.4, -0.2) is 19.7 Å². The molecule has 1 heterocycles. The standard InChI is InChI=1S/C13H17N3O2S/c1-9-4-5-11(16-19(3,17)18)8-13(9)15-12-6-7-14-10(12)2/h4-8,14-16H,1-3H3. The molecule has 0 atom stereocenters. The molecule has 5 nitrogen and oxygen atoms in total. The van der Waals surface area contributed by atoms with Gasteiger partial charge in [0.2, 0.25) is 10.0 Å². The molecule has 0 saturated heterocycles. The van der Waals surface area contributed by atoms with Crippen LogP contribution < -0.4 is 10.0 Å². The summed E-state index contributed by atoms with van der Waals surface area (Å²) in [6, 6.07) is 7.33. The number of benzene rings is 1. The summed E-state index contributed by atoms with van der Waals surface area (Å²) in [5.41, 5.74) is 4.46. The van der Waals surface area contributed by atoms with Crippen LogP contribution >= 0.6 is 0 Å². The first-order valence-electron chi connectivity index (χ1n) is 5.84. The number of H-pyrrole nitrogens is 1. The number of aromatic nitrogens is 1. The van der Waals surface area contributed by atoms with Gasteiger partial charge in [-0.25, -0.2) is 8.42 Å². The molecule has 0 aliphatic heterocycles. The van der Waals surface area contributed by atoms with Gasteiger partial charge in [-0.2, -0.15) is 0 Å². The van der Waals surface area contributed by atoms with E-state index in [1.54, 1.807) is 12.1 Å². The molecule has 2 aromatic rings. The molecule has 0 aliphatic carbocycles. The first-order valence-corrected chi connectivity index (χ1v) is 7.74. The Bertz CT molecular complexity index is 690. The summed E-state index contributed by atoms with van der Waals surface area (Å²) in [7, 11) is -3.26. The van der Waals surface area contributed by atoms with Crippen LogP contribution in [0.4, 0.5) is 17.1 Å². The quantitative estimate of drug-likeness (QED) is 0.805. The van der Waals surface area contributed by atoms with Crippen LogP contribution in [0, 0.1) is 13.8 Å². The van der Waals surface area contributed by atoms with Crippen LogP contribution in [0.2, 0.25) is 0 Å². The number of sulfonamides is 1. The number of anilines is 3. The number of aryl methyl sites for hydroxylation is 2. The molecule has 19 heavy (non-hydrogen) atoms. The van der Waals surface area contributed by atoms with Crippen molar-refractivity contribution in [3.8, 4) is 0 Å². The zero-order valence-electron chi connectivity index (χ0n) is 11.1. The minimum atomic E-state index is -3.26. The Kier molecular flexibility index (Phi) is 3.53. The second kappa shape index (κ2) is 4.97. The first kappa shape index (κ1) is 13.5. The monoisotopic (exact) mass is 279 g/mol. The van der Waals surface area contributed by atoms with E-state index in [4.69, 9.17) is 0 Å². The lowest BCUT2D eigenvalue weighted by Crippen LogP contribution is -2.09. The lowest BCUT2D eigenvalue weighted by atomic mass is 10.1. The molecule has 0 unspecified atom stereocenters. The topological polar surface area (TPSA) is 74.0 Å². The summed E-state index contributed by atoms with van der Waals surface area (Å²) in [6.45, 7) is 3.94. The maximum atomic E-state index is 11.2. The van der Waals surface area contributed by atoms with Gasteiger partial charge >= 0.3 is 0 Å². The zero-order valence-corrected chi connectivity index (χ0v) is 11.9. The van der Waals surface area contributed by atoms with Gasteiger partial charge in [0.25, 0.3) is 0 Å². The molecule has 1 aromatic heterocycles. The molecule has 1 aromatic carbocycles. The van der Waals surface area contributed by atoms with E-state index in [0.717, 1.165) is 28.9 Å². The van der Waals surface area contributed by atoms with Crippen LogP contribution in [0.25, 0.3) is 0 Å². The van der Waals surface area contributed by atoms with Crippen molar-refractivity contribution in [3.63, 3.8) is 0 Å². The number of hydrogen-bond donors (Lipinski definition) is 3. The van der Waals surface area contributed by atoms with Gasteiger partial charge in [-0.05, 0) is 37.6 Å². The van der Waals surface area contributed by atoms with Gasteiger partial charge < -0.3 is 10.3 Å². The van der Waals surface area contributed by atoms with Crippen LogP contribution in [0.1, 0.15) is 11.3 Å². The van der Waals surface area contributed by atoms with Crippen molar-refractivity contribution < 1.29 is 8.42 Å². The van der Waals surface area contributed by atoms with E-state index >= 15 is 0 Å². The van der Waals surface area contributed by atoms with Crippen molar-refractivity contribution >= 4 is 27.1 Å². The number of nitrogens with one attached hydrogen (secondary N) is 3. The van der Waals surface area contributed by atoms with Crippen molar-refractivity contribution in [1.29, 1.82) is 0 Å². The fourth-order valence-electron chi connectivity index (χ4n) is 1.77. The molecule has 2 rings (SSSR count). The third kappa shape index (κ3) is 3.51. The molecule has 3 N–H and O–H groups in total. The SMILES string of the molecule is Cc1ccc(NS(C)(=O)=O)cc1Nc1cc[nH]c1C. The molecule has 0 fully saturated rings. The number of aromatic amines is 1. The Morgan fingerprint density at radius 3 is 2.42 bits per heavy atom. The van der Waals surface area contributed by atoms with E-state index in [-0.39, 0.29) is 0 Å². The third-order valence-corrected chi connectivity index (χ3v) is 3.37. The maximum absolute atomic E-state index is 11.2. The number of rotatable bonds is 4. The second-order valence-corrected chi connectivity index (χ2v) is 6.29. The highest BCUT2D eigenvalue weighted by atomic mass is 32.2. The Morgan fingerprint density at radius 2 is 1.84 bits per heavy atom. The van der Waals surface area contributed by atoms with Gasteiger partial charge in [0.05, 0.1) is 17.6 Å². The lowest BCUT2D eigenvalue weighted by Gasteiger charge is -2.12. The van der Waals surface area contributed by atoms with Crippen molar-refractivity contribution in [3.05, 3.63) is 41.7 Å². The average Bonchev–Trinajstić information content (AvgIpc) is 2.67. The van der Waals surface area contributed by atoms with Crippen molar-refractivity contribution in [1.82, 2.24) is 4.98 Å². The fourth-order valence-corrected chi connectivity index (χ4v) is 2.32. The summed E-state index contributed by atoms with van der Waals surface area (Å²) in [6.07, 6.45) is 2.99. The summed E-state index contributed by atoms with van der Waals surface area (Å²) >= 11 is 0. The summed E-state index contributed by atoms with van der Waals surface area (Å²) < 4.78 is 24.9. The van der Waals surface area contributed by atoms with Gasteiger partial charge in [-0.3, -0.25) is 4.72 Å². The predicted octanol–water partition coefficient (Wildman–Crippen LogP) is 2.75. The Balaban J connectivity index is 2.30. The summed E-state index contributed by atoms with van der Waals surface area (Å²) in [4.78, 5) is 3.09. The van der Waals surface area contributed by atoms with E-state index in [1.807, 2.05) is 32.2 Å². The minimum Gasteiger partial charge on any atom is -0.363 e. The molecule has 0 spiro atoms. The van der Waals surface area contributed by atoms with E-state index < -0.39 is 10.0 Å². The Hall–Kier alpha value is -1.95. The molecule has 0 amide bonds. The highest BCUT2D eigenvalue weighted by Crippen LogP contribution is 2.25.